The van der Waals surface area contributed by atoms with Gasteiger partial charge in [-0.2, -0.15) is 0 Å². The number of hydrogen-bond acceptors (Lipinski definition) is 2. The molecular formula is C7H10Cl2N2O. The Kier molecular flexibility index (Phi) is 1.97. The first-order valence-electron chi connectivity index (χ1n) is 3.98. The number of hydrogen-bond donors (Lipinski definition) is 2. The quantitative estimate of drug-likeness (QED) is 0.641. The van der Waals surface area contributed by atoms with Gasteiger partial charge in [-0.1, -0.05) is 0 Å². The van der Waals surface area contributed by atoms with Crippen molar-refractivity contribution < 1.29 is 4.79 Å². The third-order valence-electron chi connectivity index (χ3n) is 2.27. The van der Waals surface area contributed by atoms with Gasteiger partial charge in [0, 0.05) is 13.1 Å². The number of alkyl halides is 2. The molecule has 1 saturated heterocycles. The maximum atomic E-state index is 11.3. The predicted molar refractivity (Wildman–Crippen MR) is 47.3 cm³/mol. The molecule has 0 aromatic rings. The molecule has 1 aliphatic carbocycles. The van der Waals surface area contributed by atoms with Gasteiger partial charge in [0.1, 0.15) is 4.33 Å². The molecule has 1 unspecified atom stereocenters. The zero-order chi connectivity index (χ0) is 8.77. The van der Waals surface area contributed by atoms with Crippen LogP contribution >= 0.6 is 23.2 Å². The third-order valence-corrected chi connectivity index (χ3v) is 3.11. The topological polar surface area (TPSA) is 41.1 Å². The van der Waals surface area contributed by atoms with Crippen LogP contribution in [0, 0.1) is 5.92 Å². The third kappa shape index (κ3) is 1.53. The minimum Gasteiger partial charge on any atom is -0.350 e. The molecule has 1 saturated carbocycles. The van der Waals surface area contributed by atoms with E-state index in [9.17, 15) is 4.79 Å². The largest absolute Gasteiger partial charge is 0.350 e. The summed E-state index contributed by atoms with van der Waals surface area (Å²) in [4.78, 5) is 11.3. The average Bonchev–Trinajstić information content (AvgIpc) is 2.50. The number of carbonyl (C=O) groups excluding carboxylic acids is 1. The summed E-state index contributed by atoms with van der Waals surface area (Å²) in [6.07, 6.45) is 0.585. The molecule has 0 spiro atoms. The maximum Gasteiger partial charge on any atom is 0.226 e. The van der Waals surface area contributed by atoms with Crippen molar-refractivity contribution in [3.63, 3.8) is 0 Å². The van der Waals surface area contributed by atoms with Gasteiger partial charge < -0.3 is 10.6 Å². The lowest BCUT2D eigenvalue weighted by molar-refractivity contribution is -0.123. The van der Waals surface area contributed by atoms with E-state index in [-0.39, 0.29) is 17.9 Å². The van der Waals surface area contributed by atoms with Crippen molar-refractivity contribution in [3.05, 3.63) is 0 Å². The molecule has 0 aromatic carbocycles. The summed E-state index contributed by atoms with van der Waals surface area (Å²) in [5.74, 6) is -0.201. The SMILES string of the molecule is O=C(NC1CNC1)C1CC1(Cl)Cl. The first kappa shape index (κ1) is 8.60. The van der Waals surface area contributed by atoms with Crippen molar-refractivity contribution in [3.8, 4) is 0 Å². The molecule has 0 bridgehead atoms. The van der Waals surface area contributed by atoms with Crippen LogP contribution in [-0.4, -0.2) is 29.4 Å². The van der Waals surface area contributed by atoms with Crippen LogP contribution in [-0.2, 0) is 4.79 Å². The minimum atomic E-state index is -0.790. The van der Waals surface area contributed by atoms with Crippen molar-refractivity contribution in [2.24, 2.45) is 5.92 Å². The molecule has 1 atom stereocenters. The van der Waals surface area contributed by atoms with Crippen LogP contribution in [0.2, 0.25) is 0 Å². The van der Waals surface area contributed by atoms with Crippen molar-refractivity contribution in [1.82, 2.24) is 10.6 Å². The van der Waals surface area contributed by atoms with E-state index in [2.05, 4.69) is 10.6 Å². The second-order valence-corrected chi connectivity index (χ2v) is 4.92. The molecular weight excluding hydrogens is 199 g/mol. The van der Waals surface area contributed by atoms with Gasteiger partial charge in [-0.25, -0.2) is 0 Å². The monoisotopic (exact) mass is 208 g/mol. The van der Waals surface area contributed by atoms with Gasteiger partial charge in [-0.15, -0.1) is 23.2 Å². The molecule has 2 rings (SSSR count). The van der Waals surface area contributed by atoms with E-state index in [4.69, 9.17) is 23.2 Å². The van der Waals surface area contributed by atoms with E-state index in [1.807, 2.05) is 0 Å². The second-order valence-electron chi connectivity index (χ2n) is 3.38. The van der Waals surface area contributed by atoms with Gasteiger partial charge >= 0.3 is 0 Å². The number of nitrogens with one attached hydrogen (secondary N) is 2. The van der Waals surface area contributed by atoms with Crippen LogP contribution in [0.1, 0.15) is 6.42 Å². The van der Waals surface area contributed by atoms with Gasteiger partial charge in [-0.3, -0.25) is 4.79 Å². The molecule has 5 heteroatoms. The van der Waals surface area contributed by atoms with Crippen LogP contribution in [0.4, 0.5) is 0 Å². The Labute approximate surface area is 80.8 Å². The van der Waals surface area contributed by atoms with Crippen LogP contribution in [0.25, 0.3) is 0 Å². The number of rotatable bonds is 2. The molecule has 2 fully saturated rings. The van der Waals surface area contributed by atoms with Gasteiger partial charge in [0.2, 0.25) is 5.91 Å². The lowest BCUT2D eigenvalue weighted by atomic mass is 10.2. The second kappa shape index (κ2) is 2.76. The smallest absolute Gasteiger partial charge is 0.226 e. The normalized spacial score (nSPS) is 32.3. The molecule has 2 aliphatic rings. The summed E-state index contributed by atoms with van der Waals surface area (Å²) >= 11 is 11.5. The highest BCUT2D eigenvalue weighted by Gasteiger charge is 2.56. The molecule has 0 radical (unpaired) electrons. The van der Waals surface area contributed by atoms with Crippen LogP contribution in [0.3, 0.4) is 0 Å². The number of carbonyl (C=O) groups is 1. The Morgan fingerprint density at radius 3 is 2.42 bits per heavy atom. The molecule has 68 valence electrons. The van der Waals surface area contributed by atoms with E-state index < -0.39 is 4.33 Å². The minimum absolute atomic E-state index is 0.00787. The standard InChI is InChI=1S/C7H10Cl2N2O/c8-7(9)1-5(7)6(12)11-4-2-10-3-4/h4-5,10H,1-3H2,(H,11,12). The first-order chi connectivity index (χ1) is 5.59. The Bertz CT molecular complexity index is 215. The fourth-order valence-corrected chi connectivity index (χ4v) is 1.70. The van der Waals surface area contributed by atoms with Crippen molar-refractivity contribution in [2.45, 2.75) is 16.8 Å². The van der Waals surface area contributed by atoms with Gasteiger partial charge in [0.05, 0.1) is 12.0 Å². The summed E-state index contributed by atoms with van der Waals surface area (Å²) in [5, 5.41) is 5.93. The number of amides is 1. The molecule has 12 heavy (non-hydrogen) atoms. The molecule has 1 heterocycles. The summed E-state index contributed by atoms with van der Waals surface area (Å²) in [5.41, 5.74) is 0. The number of halogens is 2. The Morgan fingerprint density at radius 2 is 2.08 bits per heavy atom. The fraction of sp³-hybridized carbons (Fsp3) is 0.857. The van der Waals surface area contributed by atoms with Gasteiger partial charge in [-0.05, 0) is 6.42 Å². The van der Waals surface area contributed by atoms with E-state index >= 15 is 0 Å². The first-order valence-corrected chi connectivity index (χ1v) is 4.74. The lowest BCUT2D eigenvalue weighted by Gasteiger charge is -2.28. The highest BCUT2D eigenvalue weighted by molar-refractivity contribution is 6.52. The Hall–Kier alpha value is 0.01000. The molecule has 3 nitrogen and oxygen atoms in total. The summed E-state index contributed by atoms with van der Waals surface area (Å²) < 4.78 is -0.790. The lowest BCUT2D eigenvalue weighted by Crippen LogP contribution is -2.57. The van der Waals surface area contributed by atoms with E-state index in [0.29, 0.717) is 6.42 Å². The molecule has 0 aromatic heterocycles. The molecule has 1 amide bonds. The van der Waals surface area contributed by atoms with Crippen LogP contribution in [0.15, 0.2) is 0 Å². The molecule has 1 aliphatic heterocycles. The summed E-state index contributed by atoms with van der Waals surface area (Å²) in [6, 6.07) is 0.280. The maximum absolute atomic E-state index is 11.3. The summed E-state index contributed by atoms with van der Waals surface area (Å²) in [6.45, 7) is 1.71. The van der Waals surface area contributed by atoms with Crippen molar-refractivity contribution in [2.75, 3.05) is 13.1 Å². The van der Waals surface area contributed by atoms with Crippen molar-refractivity contribution in [1.29, 1.82) is 0 Å². The van der Waals surface area contributed by atoms with E-state index in [1.54, 1.807) is 0 Å². The van der Waals surface area contributed by atoms with Crippen LogP contribution in [0.5, 0.6) is 0 Å². The Morgan fingerprint density at radius 1 is 1.50 bits per heavy atom. The van der Waals surface area contributed by atoms with Gasteiger partial charge in [0.25, 0.3) is 0 Å². The van der Waals surface area contributed by atoms with Gasteiger partial charge in [0.15, 0.2) is 0 Å². The zero-order valence-electron chi connectivity index (χ0n) is 6.44. The average molecular weight is 209 g/mol. The highest BCUT2D eigenvalue weighted by atomic mass is 35.5. The summed E-state index contributed by atoms with van der Waals surface area (Å²) in [7, 11) is 0. The fourth-order valence-electron chi connectivity index (χ4n) is 1.19. The molecule has 2 N–H and O–H groups in total. The van der Waals surface area contributed by atoms with Crippen LogP contribution < -0.4 is 10.6 Å². The van der Waals surface area contributed by atoms with E-state index in [0.717, 1.165) is 13.1 Å². The predicted octanol–water partition coefficient (Wildman–Crippen LogP) is 0.268. The highest BCUT2D eigenvalue weighted by Crippen LogP contribution is 2.53. The van der Waals surface area contributed by atoms with Crippen molar-refractivity contribution >= 4 is 29.1 Å². The zero-order valence-corrected chi connectivity index (χ0v) is 7.95. The Balaban J connectivity index is 1.78. The van der Waals surface area contributed by atoms with E-state index in [1.165, 1.54) is 0 Å².